The van der Waals surface area contributed by atoms with Crippen LogP contribution in [0.4, 0.5) is 4.79 Å². The number of nitrogens with two attached hydrogens (primary N) is 1. The molecule has 2 amide bonds. The fraction of sp³-hybridized carbons (Fsp3) is 0.909. The lowest BCUT2D eigenvalue weighted by Crippen LogP contribution is -2.53. The van der Waals surface area contributed by atoms with E-state index in [-0.39, 0.29) is 18.1 Å². The SMILES string of the molecule is CCCNC(=O)N(C)C1CCCCC1N. The van der Waals surface area contributed by atoms with E-state index in [0.717, 1.165) is 25.8 Å². The van der Waals surface area contributed by atoms with Crippen LogP contribution in [-0.4, -0.2) is 36.6 Å². The van der Waals surface area contributed by atoms with Gasteiger partial charge in [-0.3, -0.25) is 0 Å². The predicted octanol–water partition coefficient (Wildman–Crippen LogP) is 1.31. The van der Waals surface area contributed by atoms with E-state index in [2.05, 4.69) is 5.32 Å². The Balaban J connectivity index is 2.42. The highest BCUT2D eigenvalue weighted by atomic mass is 16.2. The molecular weight excluding hydrogens is 190 g/mol. The number of rotatable bonds is 3. The Hall–Kier alpha value is -0.770. The van der Waals surface area contributed by atoms with Crippen LogP contribution in [-0.2, 0) is 0 Å². The van der Waals surface area contributed by atoms with Crippen molar-refractivity contribution < 1.29 is 4.79 Å². The Morgan fingerprint density at radius 3 is 2.73 bits per heavy atom. The molecule has 0 aromatic heterocycles. The molecule has 15 heavy (non-hydrogen) atoms. The summed E-state index contributed by atoms with van der Waals surface area (Å²) in [5, 5.41) is 2.88. The van der Waals surface area contributed by atoms with Crippen LogP contribution in [0.25, 0.3) is 0 Å². The average Bonchev–Trinajstić information content (AvgIpc) is 2.25. The van der Waals surface area contributed by atoms with Gasteiger partial charge in [0.1, 0.15) is 0 Å². The zero-order chi connectivity index (χ0) is 11.3. The molecule has 1 saturated carbocycles. The number of amides is 2. The van der Waals surface area contributed by atoms with Crippen LogP contribution >= 0.6 is 0 Å². The first-order chi connectivity index (χ1) is 7.16. The zero-order valence-corrected chi connectivity index (χ0v) is 9.83. The molecule has 1 aliphatic rings. The number of hydrogen-bond acceptors (Lipinski definition) is 2. The van der Waals surface area contributed by atoms with Gasteiger partial charge in [0.2, 0.25) is 0 Å². The van der Waals surface area contributed by atoms with Crippen molar-refractivity contribution >= 4 is 6.03 Å². The zero-order valence-electron chi connectivity index (χ0n) is 9.83. The summed E-state index contributed by atoms with van der Waals surface area (Å²) in [5.41, 5.74) is 6.02. The lowest BCUT2D eigenvalue weighted by Gasteiger charge is -2.35. The molecule has 3 N–H and O–H groups in total. The summed E-state index contributed by atoms with van der Waals surface area (Å²) in [6, 6.07) is 0.380. The number of likely N-dealkylation sites (N-methyl/N-ethyl adjacent to an activating group) is 1. The number of carbonyl (C=O) groups is 1. The first kappa shape index (κ1) is 12.3. The van der Waals surface area contributed by atoms with Crippen LogP contribution in [0, 0.1) is 0 Å². The highest BCUT2D eigenvalue weighted by molar-refractivity contribution is 5.74. The van der Waals surface area contributed by atoms with Gasteiger partial charge in [0.05, 0.1) is 0 Å². The smallest absolute Gasteiger partial charge is 0.317 e. The lowest BCUT2D eigenvalue weighted by atomic mass is 9.90. The lowest BCUT2D eigenvalue weighted by molar-refractivity contribution is 0.163. The number of urea groups is 1. The largest absolute Gasteiger partial charge is 0.338 e. The second-order valence-corrected chi connectivity index (χ2v) is 4.36. The Morgan fingerprint density at radius 2 is 2.13 bits per heavy atom. The van der Waals surface area contributed by atoms with Gasteiger partial charge in [0.25, 0.3) is 0 Å². The molecular formula is C11H23N3O. The first-order valence-electron chi connectivity index (χ1n) is 5.93. The predicted molar refractivity (Wildman–Crippen MR) is 61.7 cm³/mol. The third-order valence-electron chi connectivity index (χ3n) is 3.13. The summed E-state index contributed by atoms with van der Waals surface area (Å²) in [7, 11) is 1.85. The molecule has 4 heteroatoms. The first-order valence-corrected chi connectivity index (χ1v) is 5.93. The van der Waals surface area contributed by atoms with Gasteiger partial charge in [-0.1, -0.05) is 19.8 Å². The minimum atomic E-state index is 0.0131. The van der Waals surface area contributed by atoms with Crippen molar-refractivity contribution in [2.24, 2.45) is 5.73 Å². The van der Waals surface area contributed by atoms with Gasteiger partial charge in [-0.15, -0.1) is 0 Å². The van der Waals surface area contributed by atoms with Gasteiger partial charge < -0.3 is 16.0 Å². The molecule has 0 saturated heterocycles. The van der Waals surface area contributed by atoms with Gasteiger partial charge in [0, 0.05) is 25.7 Å². The minimum Gasteiger partial charge on any atom is -0.338 e. The Bertz CT molecular complexity index is 208. The number of nitrogens with one attached hydrogen (secondary N) is 1. The molecule has 0 aromatic rings. The number of nitrogens with zero attached hydrogens (tertiary/aromatic N) is 1. The maximum absolute atomic E-state index is 11.7. The highest BCUT2D eigenvalue weighted by Gasteiger charge is 2.27. The van der Waals surface area contributed by atoms with Crippen molar-refractivity contribution in [3.05, 3.63) is 0 Å². The molecule has 1 aliphatic carbocycles. The third-order valence-corrected chi connectivity index (χ3v) is 3.13. The van der Waals surface area contributed by atoms with E-state index in [0.29, 0.717) is 0 Å². The van der Waals surface area contributed by atoms with Crippen LogP contribution in [0.2, 0.25) is 0 Å². The van der Waals surface area contributed by atoms with E-state index in [9.17, 15) is 4.79 Å². The van der Waals surface area contributed by atoms with Gasteiger partial charge >= 0.3 is 6.03 Å². The highest BCUT2D eigenvalue weighted by Crippen LogP contribution is 2.20. The quantitative estimate of drug-likeness (QED) is 0.742. The molecule has 1 fully saturated rings. The molecule has 0 aromatic carbocycles. The molecule has 0 radical (unpaired) electrons. The molecule has 0 bridgehead atoms. The third kappa shape index (κ3) is 3.38. The molecule has 88 valence electrons. The monoisotopic (exact) mass is 213 g/mol. The van der Waals surface area contributed by atoms with E-state index in [4.69, 9.17) is 5.73 Å². The number of hydrogen-bond donors (Lipinski definition) is 2. The molecule has 2 atom stereocenters. The maximum atomic E-state index is 11.7. The summed E-state index contributed by atoms with van der Waals surface area (Å²) in [5.74, 6) is 0. The molecule has 0 heterocycles. The number of carbonyl (C=O) groups excluding carboxylic acids is 1. The second kappa shape index (κ2) is 5.95. The van der Waals surface area contributed by atoms with Crippen molar-refractivity contribution in [3.8, 4) is 0 Å². The average molecular weight is 213 g/mol. The summed E-state index contributed by atoms with van der Waals surface area (Å²) in [6.45, 7) is 2.79. The van der Waals surface area contributed by atoms with E-state index >= 15 is 0 Å². The standard InChI is InChI=1S/C11H23N3O/c1-3-8-13-11(15)14(2)10-7-5-4-6-9(10)12/h9-10H,3-8,12H2,1-2H3,(H,13,15). The summed E-state index contributed by atoms with van der Waals surface area (Å²) >= 11 is 0. The van der Waals surface area contributed by atoms with E-state index < -0.39 is 0 Å². The summed E-state index contributed by atoms with van der Waals surface area (Å²) < 4.78 is 0. The molecule has 2 unspecified atom stereocenters. The summed E-state index contributed by atoms with van der Waals surface area (Å²) in [6.07, 6.45) is 5.43. The van der Waals surface area contributed by atoms with Gasteiger partial charge in [0.15, 0.2) is 0 Å². The van der Waals surface area contributed by atoms with Crippen LogP contribution in [0.1, 0.15) is 39.0 Å². The van der Waals surface area contributed by atoms with Crippen molar-refractivity contribution in [3.63, 3.8) is 0 Å². The van der Waals surface area contributed by atoms with Crippen LogP contribution in [0.15, 0.2) is 0 Å². The Morgan fingerprint density at radius 1 is 1.47 bits per heavy atom. The van der Waals surface area contributed by atoms with Crippen molar-refractivity contribution in [2.75, 3.05) is 13.6 Å². The van der Waals surface area contributed by atoms with Crippen molar-refractivity contribution in [1.29, 1.82) is 0 Å². The topological polar surface area (TPSA) is 58.4 Å². The second-order valence-electron chi connectivity index (χ2n) is 4.36. The Kier molecular flexibility index (Phi) is 4.88. The fourth-order valence-electron chi connectivity index (χ4n) is 2.13. The van der Waals surface area contributed by atoms with Crippen LogP contribution in [0.3, 0.4) is 0 Å². The fourth-order valence-corrected chi connectivity index (χ4v) is 2.13. The molecule has 1 rings (SSSR count). The molecule has 0 aliphatic heterocycles. The van der Waals surface area contributed by atoms with Crippen LogP contribution in [0.5, 0.6) is 0 Å². The van der Waals surface area contributed by atoms with E-state index in [1.165, 1.54) is 12.8 Å². The minimum absolute atomic E-state index is 0.0131. The summed E-state index contributed by atoms with van der Waals surface area (Å²) in [4.78, 5) is 13.5. The maximum Gasteiger partial charge on any atom is 0.317 e. The molecule has 4 nitrogen and oxygen atoms in total. The van der Waals surface area contributed by atoms with E-state index in [1.54, 1.807) is 4.90 Å². The van der Waals surface area contributed by atoms with Crippen LogP contribution < -0.4 is 11.1 Å². The normalized spacial score (nSPS) is 26.1. The Labute approximate surface area is 92.2 Å². The van der Waals surface area contributed by atoms with Gasteiger partial charge in [-0.05, 0) is 19.3 Å². The van der Waals surface area contributed by atoms with Gasteiger partial charge in [-0.2, -0.15) is 0 Å². The van der Waals surface area contributed by atoms with Crippen molar-refractivity contribution in [2.45, 2.75) is 51.1 Å². The van der Waals surface area contributed by atoms with Crippen molar-refractivity contribution in [1.82, 2.24) is 10.2 Å². The van der Waals surface area contributed by atoms with Gasteiger partial charge in [-0.25, -0.2) is 4.79 Å². The molecule has 0 spiro atoms. The van der Waals surface area contributed by atoms with E-state index in [1.807, 2.05) is 14.0 Å².